The maximum Gasteiger partial charge on any atom is 0.278 e. The quantitative estimate of drug-likeness (QED) is 0.548. The molecule has 2 aliphatic heterocycles. The van der Waals surface area contributed by atoms with Gasteiger partial charge in [0.15, 0.2) is 0 Å². The fourth-order valence-corrected chi connectivity index (χ4v) is 4.98. The summed E-state index contributed by atoms with van der Waals surface area (Å²) in [6.45, 7) is 3.63. The zero-order valence-electron chi connectivity index (χ0n) is 20.0. The number of ether oxygens (including phenoxy) is 1. The van der Waals surface area contributed by atoms with Crippen molar-refractivity contribution in [2.75, 3.05) is 44.3 Å². The van der Waals surface area contributed by atoms with Crippen LogP contribution in [-0.2, 0) is 22.6 Å². The van der Waals surface area contributed by atoms with E-state index in [0.717, 1.165) is 24.9 Å². The number of anilines is 1. The second-order valence-corrected chi connectivity index (χ2v) is 9.10. The lowest BCUT2D eigenvalue weighted by molar-refractivity contribution is -0.135. The molecule has 1 unspecified atom stereocenters. The predicted octanol–water partition coefficient (Wildman–Crippen LogP) is 1.33. The van der Waals surface area contributed by atoms with Gasteiger partial charge in [0.25, 0.3) is 5.56 Å². The van der Waals surface area contributed by atoms with Gasteiger partial charge in [0, 0.05) is 38.8 Å². The second kappa shape index (κ2) is 11.1. The number of benzene rings is 1. The van der Waals surface area contributed by atoms with Crippen LogP contribution in [0.4, 0.5) is 5.82 Å². The Morgan fingerprint density at radius 2 is 1.94 bits per heavy atom. The number of rotatable bonds is 5. The van der Waals surface area contributed by atoms with Crippen LogP contribution in [0.1, 0.15) is 24.0 Å². The van der Waals surface area contributed by atoms with Gasteiger partial charge < -0.3 is 24.8 Å². The molecule has 190 valence electrons. The fourth-order valence-electron chi connectivity index (χ4n) is 4.98. The zero-order valence-corrected chi connectivity index (χ0v) is 20.8. The fraction of sp³-hybridized carbons (Fsp3) is 0.440. The van der Waals surface area contributed by atoms with E-state index in [4.69, 9.17) is 10.5 Å². The highest BCUT2D eigenvalue weighted by Crippen LogP contribution is 2.32. The minimum atomic E-state index is -0.336. The van der Waals surface area contributed by atoms with E-state index in [1.54, 1.807) is 4.90 Å². The molecule has 36 heavy (non-hydrogen) atoms. The standard InChI is InChI=1S/C25H29N7O3.ClH/c26-13-20-22-23(25(34)31(17-28-22)16-21(33)29-9-11-35-12-10-29)32(14-18-5-2-1-3-6-18)24(20)30-8-4-7-19(27)15-30;/h1-3,5-6,17,19H,4,7-12,14-16,27H2;1H. The molecule has 4 heterocycles. The van der Waals surface area contributed by atoms with Crippen LogP contribution in [0.2, 0.25) is 0 Å². The van der Waals surface area contributed by atoms with Crippen molar-refractivity contribution in [3.63, 3.8) is 0 Å². The molecular weight excluding hydrogens is 482 g/mol. The van der Waals surface area contributed by atoms with E-state index in [1.165, 1.54) is 10.9 Å². The van der Waals surface area contributed by atoms with Crippen LogP contribution in [0.5, 0.6) is 0 Å². The van der Waals surface area contributed by atoms with Crippen molar-refractivity contribution < 1.29 is 9.53 Å². The highest BCUT2D eigenvalue weighted by Gasteiger charge is 2.29. The van der Waals surface area contributed by atoms with Gasteiger partial charge in [0.2, 0.25) is 5.91 Å². The van der Waals surface area contributed by atoms with Crippen molar-refractivity contribution in [1.29, 1.82) is 5.26 Å². The number of hydrogen-bond acceptors (Lipinski definition) is 7. The summed E-state index contributed by atoms with van der Waals surface area (Å²) in [6.07, 6.45) is 3.21. The number of carbonyl (C=O) groups is 1. The molecule has 0 radical (unpaired) electrons. The van der Waals surface area contributed by atoms with Gasteiger partial charge in [-0.15, -0.1) is 12.4 Å². The van der Waals surface area contributed by atoms with Gasteiger partial charge in [-0.25, -0.2) is 4.98 Å². The molecule has 1 aromatic carbocycles. The molecule has 2 N–H and O–H groups in total. The molecule has 1 atom stereocenters. The third kappa shape index (κ3) is 4.95. The van der Waals surface area contributed by atoms with E-state index in [1.807, 2.05) is 34.9 Å². The number of fused-ring (bicyclic) bond motifs is 1. The first-order valence-corrected chi connectivity index (χ1v) is 12.0. The third-order valence-electron chi connectivity index (χ3n) is 6.72. The van der Waals surface area contributed by atoms with Crippen LogP contribution in [0.3, 0.4) is 0 Å². The summed E-state index contributed by atoms with van der Waals surface area (Å²) in [7, 11) is 0. The number of nitrogens with zero attached hydrogens (tertiary/aromatic N) is 6. The van der Waals surface area contributed by atoms with E-state index in [2.05, 4.69) is 16.0 Å². The van der Waals surface area contributed by atoms with Crippen molar-refractivity contribution in [3.8, 4) is 6.07 Å². The smallest absolute Gasteiger partial charge is 0.278 e. The summed E-state index contributed by atoms with van der Waals surface area (Å²) in [6, 6.07) is 12.1. The summed E-state index contributed by atoms with van der Waals surface area (Å²) < 4.78 is 8.55. The van der Waals surface area contributed by atoms with Crippen LogP contribution < -0.4 is 16.2 Å². The Labute approximate surface area is 215 Å². The van der Waals surface area contributed by atoms with Crippen LogP contribution in [0.15, 0.2) is 41.5 Å². The van der Waals surface area contributed by atoms with Gasteiger partial charge in [0.1, 0.15) is 35.0 Å². The van der Waals surface area contributed by atoms with Crippen molar-refractivity contribution in [1.82, 2.24) is 19.0 Å². The minimum absolute atomic E-state index is 0. The van der Waals surface area contributed by atoms with Crippen molar-refractivity contribution in [3.05, 3.63) is 58.1 Å². The first kappa shape index (κ1) is 25.7. The second-order valence-electron chi connectivity index (χ2n) is 9.10. The van der Waals surface area contributed by atoms with Gasteiger partial charge in [-0.1, -0.05) is 30.3 Å². The van der Waals surface area contributed by atoms with Gasteiger partial charge in [-0.3, -0.25) is 14.2 Å². The summed E-state index contributed by atoms with van der Waals surface area (Å²) in [4.78, 5) is 34.9. The molecule has 1 amide bonds. The number of carbonyl (C=O) groups excluding carboxylic acids is 1. The Hall–Kier alpha value is -3.39. The summed E-state index contributed by atoms with van der Waals surface area (Å²) in [5.41, 5.74) is 7.98. The molecule has 0 spiro atoms. The lowest BCUT2D eigenvalue weighted by Gasteiger charge is -2.33. The highest BCUT2D eigenvalue weighted by molar-refractivity contribution is 5.89. The normalized spacial score (nSPS) is 18.1. The minimum Gasteiger partial charge on any atom is -0.378 e. The molecule has 5 rings (SSSR count). The predicted molar refractivity (Wildman–Crippen MR) is 138 cm³/mol. The molecule has 0 bridgehead atoms. The number of aromatic nitrogens is 3. The molecule has 2 saturated heterocycles. The molecule has 0 aliphatic carbocycles. The highest BCUT2D eigenvalue weighted by atomic mass is 35.5. The number of halogens is 1. The average molecular weight is 512 g/mol. The van der Waals surface area contributed by atoms with Crippen LogP contribution in [0, 0.1) is 11.3 Å². The van der Waals surface area contributed by atoms with Crippen LogP contribution in [-0.4, -0.2) is 70.4 Å². The van der Waals surface area contributed by atoms with Gasteiger partial charge in [-0.05, 0) is 18.4 Å². The maximum absolute atomic E-state index is 13.7. The summed E-state index contributed by atoms with van der Waals surface area (Å²) in [5.74, 6) is 0.517. The van der Waals surface area contributed by atoms with E-state index < -0.39 is 0 Å². The van der Waals surface area contributed by atoms with E-state index >= 15 is 0 Å². The number of morpholine rings is 1. The van der Waals surface area contributed by atoms with E-state index in [9.17, 15) is 14.9 Å². The van der Waals surface area contributed by atoms with Gasteiger partial charge in [0.05, 0.1) is 19.5 Å². The van der Waals surface area contributed by atoms with Crippen molar-refractivity contribution >= 4 is 35.2 Å². The number of piperidine rings is 1. The van der Waals surface area contributed by atoms with Crippen molar-refractivity contribution in [2.24, 2.45) is 5.73 Å². The first-order valence-electron chi connectivity index (χ1n) is 12.0. The number of nitriles is 1. The first-order chi connectivity index (χ1) is 17.1. The topological polar surface area (TPSA) is 122 Å². The monoisotopic (exact) mass is 511 g/mol. The van der Waals surface area contributed by atoms with E-state index in [-0.39, 0.29) is 36.5 Å². The van der Waals surface area contributed by atoms with Gasteiger partial charge in [-0.2, -0.15) is 5.26 Å². The Bertz CT molecular complexity index is 1330. The van der Waals surface area contributed by atoms with E-state index in [0.29, 0.717) is 61.8 Å². The van der Waals surface area contributed by atoms with Crippen LogP contribution >= 0.6 is 12.4 Å². The molecular formula is C25H30ClN7O3. The SMILES string of the molecule is Cl.N#Cc1c(N2CCCC(N)C2)n(Cc2ccccc2)c2c(=O)n(CC(=O)N3CCOCC3)cnc12. The maximum atomic E-state index is 13.7. The average Bonchev–Trinajstić information content (AvgIpc) is 3.20. The molecule has 0 saturated carbocycles. The molecule has 10 nitrogen and oxygen atoms in total. The molecule has 2 aliphatic rings. The zero-order chi connectivity index (χ0) is 24.4. The Morgan fingerprint density at radius 1 is 1.19 bits per heavy atom. The van der Waals surface area contributed by atoms with Crippen molar-refractivity contribution in [2.45, 2.75) is 32.0 Å². The Morgan fingerprint density at radius 3 is 2.64 bits per heavy atom. The van der Waals surface area contributed by atoms with Gasteiger partial charge >= 0.3 is 0 Å². The number of nitrogens with two attached hydrogens (primary N) is 1. The summed E-state index contributed by atoms with van der Waals surface area (Å²) in [5, 5.41) is 10.1. The third-order valence-corrected chi connectivity index (χ3v) is 6.72. The molecule has 11 heteroatoms. The molecule has 2 aromatic heterocycles. The lowest BCUT2D eigenvalue weighted by Crippen LogP contribution is -2.44. The van der Waals surface area contributed by atoms with Crippen LogP contribution in [0.25, 0.3) is 11.0 Å². The number of amides is 1. The Kier molecular flexibility index (Phi) is 7.94. The largest absolute Gasteiger partial charge is 0.378 e. The molecule has 2 fully saturated rings. The number of hydrogen-bond donors (Lipinski definition) is 1. The summed E-state index contributed by atoms with van der Waals surface area (Å²) >= 11 is 0. The lowest BCUT2D eigenvalue weighted by atomic mass is 10.1. The molecule has 3 aromatic rings. The Balaban J connectivity index is 0.00000304.